The molecule has 0 saturated heterocycles. The first-order valence-corrected chi connectivity index (χ1v) is 12.1. The number of carboxylic acids is 1. The van der Waals surface area contributed by atoms with Gasteiger partial charge in [0.05, 0.1) is 11.8 Å². The maximum atomic E-state index is 13.0. The van der Waals surface area contributed by atoms with Gasteiger partial charge in [-0.1, -0.05) is 18.2 Å². The first-order chi connectivity index (χ1) is 16.5. The van der Waals surface area contributed by atoms with Crippen molar-refractivity contribution < 1.29 is 32.0 Å². The molecule has 182 valence electrons. The van der Waals surface area contributed by atoms with E-state index in [-0.39, 0.29) is 35.9 Å². The van der Waals surface area contributed by atoms with Crippen LogP contribution in [-0.4, -0.2) is 50.7 Å². The molecule has 0 unspecified atom stereocenters. The number of carbonyl (C=O) groups is 2. The molecule has 1 amide bonds. The molecule has 0 radical (unpaired) electrons. The molecule has 0 aromatic heterocycles. The van der Waals surface area contributed by atoms with Crippen LogP contribution in [0.1, 0.15) is 26.3 Å². The van der Waals surface area contributed by atoms with Crippen molar-refractivity contribution in [1.29, 1.82) is 5.41 Å². The number of benzene rings is 3. The third kappa shape index (κ3) is 6.88. The molecule has 0 aliphatic carbocycles. The summed E-state index contributed by atoms with van der Waals surface area (Å²) in [5, 5.41) is 20.0. The number of hydrogen-bond donors (Lipinski definition) is 4. The van der Waals surface area contributed by atoms with E-state index in [1.165, 1.54) is 18.2 Å². The molecule has 0 fully saturated rings. The van der Waals surface area contributed by atoms with Gasteiger partial charge in [0.1, 0.15) is 24.8 Å². The molecule has 3 aromatic carbocycles. The Hall–Kier alpha value is -4.22. The highest BCUT2D eigenvalue weighted by Crippen LogP contribution is 2.31. The van der Waals surface area contributed by atoms with Crippen molar-refractivity contribution >= 4 is 33.5 Å². The second-order valence-corrected chi connectivity index (χ2v) is 9.02. The Bertz CT molecular complexity index is 1370. The van der Waals surface area contributed by atoms with Crippen LogP contribution >= 0.6 is 0 Å². The molecule has 0 aliphatic heterocycles. The van der Waals surface area contributed by atoms with Crippen LogP contribution in [0.25, 0.3) is 11.1 Å². The van der Waals surface area contributed by atoms with E-state index in [4.69, 9.17) is 15.9 Å². The number of aromatic carboxylic acids is 1. The molecule has 0 bridgehead atoms. The summed E-state index contributed by atoms with van der Waals surface area (Å²) in [5.74, 6) is -1.57. The molecule has 3 aromatic rings. The van der Waals surface area contributed by atoms with Gasteiger partial charge < -0.3 is 20.9 Å². The highest BCUT2D eigenvalue weighted by molar-refractivity contribution is 7.85. The quantitative estimate of drug-likeness (QED) is 0.143. The van der Waals surface area contributed by atoms with E-state index in [1.807, 2.05) is 0 Å². The lowest BCUT2D eigenvalue weighted by molar-refractivity contribution is 0.0696. The van der Waals surface area contributed by atoms with E-state index < -0.39 is 22.0 Å². The van der Waals surface area contributed by atoms with Crippen molar-refractivity contribution in [1.82, 2.24) is 0 Å². The highest BCUT2D eigenvalue weighted by atomic mass is 32.2. The topological polar surface area (TPSA) is 169 Å². The molecule has 10 nitrogen and oxygen atoms in total. The molecule has 3 rings (SSSR count). The van der Waals surface area contributed by atoms with Crippen LogP contribution < -0.4 is 15.8 Å². The number of rotatable bonds is 10. The van der Waals surface area contributed by atoms with Crippen molar-refractivity contribution in [3.05, 3.63) is 83.4 Å². The maximum Gasteiger partial charge on any atom is 0.336 e. The van der Waals surface area contributed by atoms with E-state index >= 15 is 0 Å². The normalized spacial score (nSPS) is 11.0. The Kier molecular flexibility index (Phi) is 7.84. The van der Waals surface area contributed by atoms with Crippen LogP contribution in [0.15, 0.2) is 66.7 Å². The Balaban J connectivity index is 1.86. The first-order valence-electron chi connectivity index (χ1n) is 10.2. The molecule has 0 spiro atoms. The summed E-state index contributed by atoms with van der Waals surface area (Å²) in [4.78, 5) is 25.0. The predicted molar refractivity (Wildman–Crippen MR) is 131 cm³/mol. The van der Waals surface area contributed by atoms with Gasteiger partial charge in [-0.15, -0.1) is 0 Å². The van der Waals surface area contributed by atoms with Crippen LogP contribution in [0.2, 0.25) is 0 Å². The number of nitrogens with one attached hydrogen (secondary N) is 2. The number of anilines is 1. The zero-order valence-electron chi connectivity index (χ0n) is 18.6. The lowest BCUT2D eigenvalue weighted by Crippen LogP contribution is -2.15. The third-order valence-electron chi connectivity index (χ3n) is 4.79. The molecule has 5 N–H and O–H groups in total. The minimum absolute atomic E-state index is 0.0928. The van der Waals surface area contributed by atoms with Gasteiger partial charge in [0.25, 0.3) is 16.0 Å². The average molecular weight is 498 g/mol. The van der Waals surface area contributed by atoms with Crippen molar-refractivity contribution in [3.63, 3.8) is 0 Å². The number of carbonyl (C=O) groups excluding carboxylic acids is 1. The number of hydrogen-bond acceptors (Lipinski definition) is 7. The predicted octanol–water partition coefficient (Wildman–Crippen LogP) is 2.94. The fourth-order valence-corrected chi connectivity index (χ4v) is 3.59. The lowest BCUT2D eigenvalue weighted by atomic mass is 9.94. The van der Waals surface area contributed by atoms with E-state index in [2.05, 4.69) is 9.50 Å². The van der Waals surface area contributed by atoms with Gasteiger partial charge in [-0.25, -0.2) is 4.79 Å². The Morgan fingerprint density at radius 1 is 0.971 bits per heavy atom. The van der Waals surface area contributed by atoms with Gasteiger partial charge in [0.2, 0.25) is 0 Å². The lowest BCUT2D eigenvalue weighted by Gasteiger charge is -2.14. The molecule has 0 atom stereocenters. The van der Waals surface area contributed by atoms with E-state index in [0.29, 0.717) is 22.4 Å². The second-order valence-electron chi connectivity index (χ2n) is 7.38. The number of carboxylic acid groups (broad SMARTS) is 1. The SMILES string of the molecule is CS(=O)(=O)OCCOc1ccc(-c2ccccc2C(=O)Nc2ccc(C(=N)N)cc2)c(C(=O)O)c1. The fourth-order valence-electron chi connectivity index (χ4n) is 3.22. The number of ether oxygens (including phenoxy) is 1. The smallest absolute Gasteiger partial charge is 0.336 e. The minimum atomic E-state index is -3.61. The molecular formula is C24H23N3O7S. The Morgan fingerprint density at radius 3 is 2.26 bits per heavy atom. The first kappa shape index (κ1) is 25.4. The molecule has 0 saturated carbocycles. The molecular weight excluding hydrogens is 474 g/mol. The van der Waals surface area contributed by atoms with Gasteiger partial charge in [-0.3, -0.25) is 14.4 Å². The van der Waals surface area contributed by atoms with Crippen LogP contribution in [-0.2, 0) is 14.3 Å². The van der Waals surface area contributed by atoms with Gasteiger partial charge >= 0.3 is 5.97 Å². The fraction of sp³-hybridized carbons (Fsp3) is 0.125. The number of nitrogen functional groups attached to an aromatic ring is 1. The molecule has 0 aliphatic rings. The second kappa shape index (κ2) is 10.8. The number of amidine groups is 1. The molecule has 11 heteroatoms. The van der Waals surface area contributed by atoms with Crippen LogP contribution in [0.4, 0.5) is 5.69 Å². The zero-order chi connectivity index (χ0) is 25.6. The summed E-state index contributed by atoms with van der Waals surface area (Å²) >= 11 is 0. The van der Waals surface area contributed by atoms with E-state index in [1.54, 1.807) is 48.5 Å². The van der Waals surface area contributed by atoms with E-state index in [0.717, 1.165) is 6.26 Å². The van der Waals surface area contributed by atoms with Crippen molar-refractivity contribution in [3.8, 4) is 16.9 Å². The van der Waals surface area contributed by atoms with Gasteiger partial charge in [-0.05, 0) is 59.7 Å². The van der Waals surface area contributed by atoms with Crippen molar-refractivity contribution in [2.75, 3.05) is 24.8 Å². The summed E-state index contributed by atoms with van der Waals surface area (Å²) in [6, 6.07) is 17.3. The summed E-state index contributed by atoms with van der Waals surface area (Å²) in [5.41, 5.74) is 7.29. The van der Waals surface area contributed by atoms with Crippen molar-refractivity contribution in [2.45, 2.75) is 0 Å². The van der Waals surface area contributed by atoms with Crippen molar-refractivity contribution in [2.24, 2.45) is 5.73 Å². The number of amides is 1. The van der Waals surface area contributed by atoms with Gasteiger partial charge in [0.15, 0.2) is 0 Å². The maximum absolute atomic E-state index is 13.0. The molecule has 35 heavy (non-hydrogen) atoms. The zero-order valence-corrected chi connectivity index (χ0v) is 19.5. The van der Waals surface area contributed by atoms with Crippen LogP contribution in [0, 0.1) is 5.41 Å². The Labute approximate surface area is 201 Å². The summed E-state index contributed by atoms with van der Waals surface area (Å²) in [7, 11) is -3.61. The van der Waals surface area contributed by atoms with Crippen LogP contribution in [0.3, 0.4) is 0 Å². The summed E-state index contributed by atoms with van der Waals surface area (Å²) in [6.45, 7) is -0.327. The monoisotopic (exact) mass is 497 g/mol. The third-order valence-corrected chi connectivity index (χ3v) is 5.38. The molecule has 0 heterocycles. The average Bonchev–Trinajstić information content (AvgIpc) is 2.81. The number of nitrogens with two attached hydrogens (primary N) is 1. The van der Waals surface area contributed by atoms with Gasteiger partial charge in [0, 0.05) is 16.8 Å². The van der Waals surface area contributed by atoms with Crippen LogP contribution in [0.5, 0.6) is 5.75 Å². The minimum Gasteiger partial charge on any atom is -0.491 e. The summed E-state index contributed by atoms with van der Waals surface area (Å²) in [6.07, 6.45) is 0.916. The standard InChI is InChI=1S/C24H23N3O7S/c1-35(31,32)34-13-12-33-17-10-11-19(21(14-17)24(29)30)18-4-2-3-5-20(18)23(28)27-16-8-6-15(7-9-16)22(25)26/h2-11,14H,12-13H2,1H3,(H3,25,26)(H,27,28)(H,29,30). The highest BCUT2D eigenvalue weighted by Gasteiger charge is 2.19. The van der Waals surface area contributed by atoms with E-state index in [9.17, 15) is 23.1 Å². The Morgan fingerprint density at radius 2 is 1.63 bits per heavy atom. The van der Waals surface area contributed by atoms with Gasteiger partial charge in [-0.2, -0.15) is 8.42 Å². The summed E-state index contributed by atoms with van der Waals surface area (Å²) < 4.78 is 32.1. The largest absolute Gasteiger partial charge is 0.491 e.